The highest BCUT2D eigenvalue weighted by Crippen LogP contribution is 1.90. The van der Waals surface area contributed by atoms with Gasteiger partial charge in [-0.2, -0.15) is 0 Å². The standard InChI is InChI=1S/C7H11IN2/c1-3-4-5-7(10-8)6-9-2/h4-5,10H,3H2,1-2H3/b5-4-. The summed E-state index contributed by atoms with van der Waals surface area (Å²) in [5.41, 5.74) is 0.907. The van der Waals surface area contributed by atoms with Gasteiger partial charge in [-0.05, 0) is 12.5 Å². The van der Waals surface area contributed by atoms with E-state index in [2.05, 4.69) is 50.3 Å². The molecule has 0 saturated heterocycles. The monoisotopic (exact) mass is 250 g/mol. The average Bonchev–Trinajstić information content (AvgIpc) is 1.98. The lowest BCUT2D eigenvalue weighted by Gasteiger charge is -1.90. The summed E-state index contributed by atoms with van der Waals surface area (Å²) in [4.78, 5) is 3.75. The maximum Gasteiger partial charge on any atom is 0.105 e. The van der Waals surface area contributed by atoms with E-state index < -0.39 is 0 Å². The minimum Gasteiger partial charge on any atom is -0.321 e. The second-order valence-corrected chi connectivity index (χ2v) is 2.19. The van der Waals surface area contributed by atoms with Crippen LogP contribution in [-0.2, 0) is 0 Å². The van der Waals surface area contributed by atoms with Gasteiger partial charge in [-0.15, -0.1) is 0 Å². The van der Waals surface area contributed by atoms with Crippen LogP contribution in [0.2, 0.25) is 0 Å². The largest absolute Gasteiger partial charge is 0.321 e. The molecular formula is C7H11IN2. The van der Waals surface area contributed by atoms with E-state index in [9.17, 15) is 0 Å². The summed E-state index contributed by atoms with van der Waals surface area (Å²) in [6, 6.07) is 0. The molecule has 2 nitrogen and oxygen atoms in total. The van der Waals surface area contributed by atoms with Crippen LogP contribution < -0.4 is 3.53 Å². The lowest BCUT2D eigenvalue weighted by atomic mass is 10.4. The molecule has 0 aliphatic rings. The van der Waals surface area contributed by atoms with Crippen LogP contribution in [0.25, 0.3) is 0 Å². The van der Waals surface area contributed by atoms with E-state index in [1.807, 2.05) is 6.08 Å². The lowest BCUT2D eigenvalue weighted by molar-refractivity contribution is 1.21. The summed E-state index contributed by atoms with van der Waals surface area (Å²) in [7, 11) is 1.70. The molecule has 0 aromatic rings. The van der Waals surface area contributed by atoms with E-state index >= 15 is 0 Å². The van der Waals surface area contributed by atoms with Gasteiger partial charge in [0.05, 0.1) is 22.9 Å². The molecule has 0 heterocycles. The predicted octanol–water partition coefficient (Wildman–Crippen LogP) is 2.08. The molecule has 0 atom stereocenters. The molecule has 0 rings (SSSR count). The molecule has 0 aromatic carbocycles. The molecule has 0 fully saturated rings. The fourth-order valence-corrected chi connectivity index (χ4v) is 0.746. The molecule has 3 heteroatoms. The number of nitrogens with one attached hydrogen (secondary N) is 1. The minimum atomic E-state index is 0.907. The molecule has 10 heavy (non-hydrogen) atoms. The first-order chi connectivity index (χ1) is 4.85. The van der Waals surface area contributed by atoms with Crippen molar-refractivity contribution in [2.24, 2.45) is 4.99 Å². The highest BCUT2D eigenvalue weighted by molar-refractivity contribution is 14.1. The van der Waals surface area contributed by atoms with Gasteiger partial charge in [0.1, 0.15) is 5.70 Å². The van der Waals surface area contributed by atoms with Gasteiger partial charge in [-0.3, -0.25) is 0 Å². The molecule has 1 N–H and O–H groups in total. The van der Waals surface area contributed by atoms with E-state index in [0.29, 0.717) is 0 Å². The van der Waals surface area contributed by atoms with Crippen molar-refractivity contribution in [1.29, 1.82) is 0 Å². The van der Waals surface area contributed by atoms with Gasteiger partial charge in [0.15, 0.2) is 0 Å². The Morgan fingerprint density at radius 1 is 1.80 bits per heavy atom. The first-order valence-electron chi connectivity index (χ1n) is 3.10. The van der Waals surface area contributed by atoms with Crippen molar-refractivity contribution in [3.05, 3.63) is 17.8 Å². The summed E-state index contributed by atoms with van der Waals surface area (Å²) in [6.07, 6.45) is 5.05. The third-order valence-electron chi connectivity index (χ3n) is 0.854. The molecule has 0 spiro atoms. The SMILES string of the molecule is CC/C=C\C(=C=NC)NI. The van der Waals surface area contributed by atoms with Crippen LogP contribution in [0.1, 0.15) is 13.3 Å². The number of nitrogens with zero attached hydrogens (tertiary/aromatic N) is 1. The Bertz CT molecular complexity index is 166. The van der Waals surface area contributed by atoms with Crippen LogP contribution in [0.15, 0.2) is 22.8 Å². The Morgan fingerprint density at radius 2 is 2.50 bits per heavy atom. The zero-order valence-electron chi connectivity index (χ0n) is 6.19. The van der Waals surface area contributed by atoms with Crippen LogP contribution in [0, 0.1) is 0 Å². The van der Waals surface area contributed by atoms with Crippen molar-refractivity contribution in [3.63, 3.8) is 0 Å². The van der Waals surface area contributed by atoms with Crippen LogP contribution in [-0.4, -0.2) is 12.9 Å². The second kappa shape index (κ2) is 6.83. The zero-order valence-corrected chi connectivity index (χ0v) is 8.34. The summed E-state index contributed by atoms with van der Waals surface area (Å²) < 4.78 is 2.93. The van der Waals surface area contributed by atoms with E-state index in [1.54, 1.807) is 7.05 Å². The summed E-state index contributed by atoms with van der Waals surface area (Å²) in [6.45, 7) is 2.09. The lowest BCUT2D eigenvalue weighted by Crippen LogP contribution is -1.94. The van der Waals surface area contributed by atoms with Crippen LogP contribution in [0.3, 0.4) is 0 Å². The van der Waals surface area contributed by atoms with Gasteiger partial charge >= 0.3 is 0 Å². The maximum atomic E-state index is 3.75. The van der Waals surface area contributed by atoms with Crippen LogP contribution in [0.5, 0.6) is 0 Å². The minimum absolute atomic E-state index is 0.907. The van der Waals surface area contributed by atoms with Crippen molar-refractivity contribution < 1.29 is 0 Å². The Hall–Kier alpha value is -0.280. The highest BCUT2D eigenvalue weighted by atomic mass is 127. The van der Waals surface area contributed by atoms with Gasteiger partial charge in [-0.25, -0.2) is 4.99 Å². The normalized spacial score (nSPS) is 9.10. The van der Waals surface area contributed by atoms with Gasteiger partial charge in [-0.1, -0.05) is 13.0 Å². The predicted molar refractivity (Wildman–Crippen MR) is 53.5 cm³/mol. The summed E-state index contributed by atoms with van der Waals surface area (Å²) in [5, 5.41) is 0. The number of hydrogen-bond acceptors (Lipinski definition) is 2. The molecule has 0 bridgehead atoms. The Balaban J connectivity index is 4.09. The first kappa shape index (κ1) is 9.72. The molecule has 0 saturated carbocycles. The molecule has 0 amide bonds. The van der Waals surface area contributed by atoms with Gasteiger partial charge < -0.3 is 3.53 Å². The molecule has 0 aliphatic heterocycles. The molecule has 0 aromatic heterocycles. The third kappa shape index (κ3) is 4.58. The smallest absolute Gasteiger partial charge is 0.105 e. The van der Waals surface area contributed by atoms with E-state index in [4.69, 9.17) is 0 Å². The number of rotatable bonds is 3. The topological polar surface area (TPSA) is 24.4 Å². The third-order valence-corrected chi connectivity index (χ3v) is 1.44. The number of hydrogen-bond donors (Lipinski definition) is 1. The molecule has 0 aliphatic carbocycles. The molecule has 56 valence electrons. The average molecular weight is 250 g/mol. The van der Waals surface area contributed by atoms with Gasteiger partial charge in [0, 0.05) is 12.9 Å². The van der Waals surface area contributed by atoms with Crippen LogP contribution in [0.4, 0.5) is 0 Å². The zero-order chi connectivity index (χ0) is 7.82. The number of aliphatic imine (C=N–C) groups is 1. The van der Waals surface area contributed by atoms with Crippen molar-refractivity contribution >= 4 is 28.7 Å². The molecular weight excluding hydrogens is 239 g/mol. The highest BCUT2D eigenvalue weighted by Gasteiger charge is 1.81. The van der Waals surface area contributed by atoms with Crippen molar-refractivity contribution in [1.82, 2.24) is 3.53 Å². The van der Waals surface area contributed by atoms with E-state index in [1.165, 1.54) is 0 Å². The second-order valence-electron chi connectivity index (χ2n) is 1.65. The molecule has 0 unspecified atom stereocenters. The van der Waals surface area contributed by atoms with E-state index in [-0.39, 0.29) is 0 Å². The van der Waals surface area contributed by atoms with Crippen molar-refractivity contribution in [2.45, 2.75) is 13.3 Å². The summed E-state index contributed by atoms with van der Waals surface area (Å²) >= 11 is 2.05. The Morgan fingerprint density at radius 3 is 2.90 bits per heavy atom. The van der Waals surface area contributed by atoms with Gasteiger partial charge in [0.2, 0.25) is 0 Å². The fourth-order valence-electron chi connectivity index (χ4n) is 0.446. The fraction of sp³-hybridized carbons (Fsp3) is 0.429. The number of halogens is 1. The molecule has 0 radical (unpaired) electrons. The van der Waals surface area contributed by atoms with Crippen LogP contribution >= 0.6 is 22.9 Å². The maximum absolute atomic E-state index is 3.75. The van der Waals surface area contributed by atoms with Crippen molar-refractivity contribution in [2.75, 3.05) is 7.05 Å². The number of allylic oxidation sites excluding steroid dienone is 2. The van der Waals surface area contributed by atoms with Crippen molar-refractivity contribution in [3.8, 4) is 0 Å². The first-order valence-corrected chi connectivity index (χ1v) is 4.18. The quantitative estimate of drug-likeness (QED) is 0.352. The summed E-state index contributed by atoms with van der Waals surface area (Å²) in [5.74, 6) is 2.80. The Kier molecular flexibility index (Phi) is 6.64. The van der Waals surface area contributed by atoms with E-state index in [0.717, 1.165) is 12.1 Å². The van der Waals surface area contributed by atoms with Gasteiger partial charge in [0.25, 0.3) is 0 Å². The Labute approximate surface area is 75.6 Å².